The number of nitriles is 1. The quantitative estimate of drug-likeness (QED) is 0.644. The fourth-order valence-electron chi connectivity index (χ4n) is 4.57. The number of hydrogen-bond donors (Lipinski definition) is 1. The molecule has 5 rings (SSSR count). The van der Waals surface area contributed by atoms with Gasteiger partial charge in [-0.25, -0.2) is 9.67 Å². The average molecular weight is 444 g/mol. The summed E-state index contributed by atoms with van der Waals surface area (Å²) in [4.78, 5) is 19.3. The topological polar surface area (TPSA) is 109 Å². The minimum absolute atomic E-state index is 0.0778. The molecule has 1 N–H and O–H groups in total. The van der Waals surface area contributed by atoms with Crippen LogP contribution >= 0.6 is 0 Å². The van der Waals surface area contributed by atoms with Crippen LogP contribution in [0.1, 0.15) is 45.7 Å². The van der Waals surface area contributed by atoms with Crippen molar-refractivity contribution in [2.75, 3.05) is 24.6 Å². The zero-order chi connectivity index (χ0) is 22.8. The third-order valence-electron chi connectivity index (χ3n) is 6.30. The first-order valence-corrected chi connectivity index (χ1v) is 11.2. The van der Waals surface area contributed by atoms with Gasteiger partial charge in [0.25, 0.3) is 5.91 Å². The molecule has 0 radical (unpaired) electrons. The number of carbonyl (C=O) groups excluding carboxylic acids is 1. The zero-order valence-electron chi connectivity index (χ0n) is 18.5. The highest BCUT2D eigenvalue weighted by molar-refractivity contribution is 5.93. The summed E-state index contributed by atoms with van der Waals surface area (Å²) in [5, 5.41) is 20.8. The molecule has 2 aliphatic rings. The van der Waals surface area contributed by atoms with Gasteiger partial charge in [0, 0.05) is 32.4 Å². The van der Waals surface area contributed by atoms with Gasteiger partial charge in [-0.05, 0) is 55.5 Å². The summed E-state index contributed by atoms with van der Waals surface area (Å²) in [6.45, 7) is 4.49. The lowest BCUT2D eigenvalue weighted by molar-refractivity contribution is 0.0853. The normalized spacial score (nSPS) is 17.5. The van der Waals surface area contributed by atoms with E-state index in [1.807, 2.05) is 19.1 Å². The number of amides is 1. The molecule has 0 saturated carbocycles. The van der Waals surface area contributed by atoms with Crippen molar-refractivity contribution in [3.63, 3.8) is 0 Å². The summed E-state index contributed by atoms with van der Waals surface area (Å²) >= 11 is 0. The fraction of sp³-hybridized carbons (Fsp3) is 0.375. The van der Waals surface area contributed by atoms with Gasteiger partial charge in [-0.1, -0.05) is 17.3 Å². The molecule has 9 heteroatoms. The second-order valence-electron chi connectivity index (χ2n) is 8.35. The monoisotopic (exact) mass is 443 g/mol. The van der Waals surface area contributed by atoms with Gasteiger partial charge < -0.3 is 15.0 Å². The number of aromatic nitrogens is 4. The van der Waals surface area contributed by atoms with Crippen LogP contribution in [0.2, 0.25) is 0 Å². The molecular weight excluding hydrogens is 418 g/mol. The number of hydrogen-bond acceptors (Lipinski definition) is 7. The lowest BCUT2D eigenvalue weighted by atomic mass is 9.97. The van der Waals surface area contributed by atoms with Crippen molar-refractivity contribution < 1.29 is 9.53 Å². The number of benzene rings is 1. The standard InChI is InChI=1S/C24H25N7O2/c1-16-22(24(32)27-14-19-7-4-12-33-19)28-29-31(16)21-8-2-5-18-15-30(11-9-20(18)21)23-17(13-25)6-3-10-26-23/h2-3,5-6,8,10,19H,4,7,9,11-12,14-15H2,1H3,(H,27,32). The van der Waals surface area contributed by atoms with Gasteiger partial charge in [0.2, 0.25) is 0 Å². The summed E-state index contributed by atoms with van der Waals surface area (Å²) in [6, 6.07) is 11.9. The molecule has 1 aromatic carbocycles. The summed E-state index contributed by atoms with van der Waals surface area (Å²) in [5.74, 6) is 0.475. The number of nitrogens with one attached hydrogen (secondary N) is 1. The van der Waals surface area contributed by atoms with E-state index in [2.05, 4.69) is 37.6 Å². The SMILES string of the molecule is Cc1c(C(=O)NCC2CCCO2)nnn1-c1cccc2c1CCN(c1ncccc1C#N)C2. The third kappa shape index (κ3) is 4.05. The minimum atomic E-state index is -0.232. The molecule has 3 aromatic rings. The lowest BCUT2D eigenvalue weighted by Crippen LogP contribution is -2.32. The van der Waals surface area contributed by atoms with Crippen LogP contribution in [-0.2, 0) is 17.7 Å². The average Bonchev–Trinajstić information content (AvgIpc) is 3.51. The molecule has 33 heavy (non-hydrogen) atoms. The summed E-state index contributed by atoms with van der Waals surface area (Å²) in [5.41, 5.74) is 4.84. The molecule has 1 fully saturated rings. The van der Waals surface area contributed by atoms with E-state index in [0.29, 0.717) is 35.9 Å². The maximum Gasteiger partial charge on any atom is 0.273 e. The van der Waals surface area contributed by atoms with Crippen LogP contribution in [0.15, 0.2) is 36.5 Å². The molecule has 1 saturated heterocycles. The van der Waals surface area contributed by atoms with Crippen molar-refractivity contribution in [3.8, 4) is 11.8 Å². The van der Waals surface area contributed by atoms with Crippen LogP contribution in [0.3, 0.4) is 0 Å². The van der Waals surface area contributed by atoms with Crippen LogP contribution in [0.4, 0.5) is 5.82 Å². The van der Waals surface area contributed by atoms with Gasteiger partial charge in [-0.15, -0.1) is 5.10 Å². The van der Waals surface area contributed by atoms with E-state index < -0.39 is 0 Å². The predicted molar refractivity (Wildman–Crippen MR) is 121 cm³/mol. The van der Waals surface area contributed by atoms with Crippen molar-refractivity contribution in [3.05, 3.63) is 64.6 Å². The number of pyridine rings is 1. The first kappa shape index (κ1) is 21.1. The fourth-order valence-corrected chi connectivity index (χ4v) is 4.57. The Balaban J connectivity index is 1.38. The van der Waals surface area contributed by atoms with E-state index in [9.17, 15) is 10.1 Å². The number of fused-ring (bicyclic) bond motifs is 1. The zero-order valence-corrected chi connectivity index (χ0v) is 18.5. The van der Waals surface area contributed by atoms with Crippen LogP contribution in [0, 0.1) is 18.3 Å². The highest BCUT2D eigenvalue weighted by Crippen LogP contribution is 2.29. The van der Waals surface area contributed by atoms with E-state index in [-0.39, 0.29) is 12.0 Å². The van der Waals surface area contributed by atoms with E-state index in [4.69, 9.17) is 4.74 Å². The van der Waals surface area contributed by atoms with E-state index >= 15 is 0 Å². The first-order valence-electron chi connectivity index (χ1n) is 11.2. The van der Waals surface area contributed by atoms with Gasteiger partial charge in [0.15, 0.2) is 5.69 Å². The minimum Gasteiger partial charge on any atom is -0.376 e. The summed E-state index contributed by atoms with van der Waals surface area (Å²) in [6.07, 6.45) is 4.56. The van der Waals surface area contributed by atoms with Gasteiger partial charge in [0.05, 0.1) is 23.0 Å². The number of rotatable bonds is 5. The Kier molecular flexibility index (Phi) is 5.75. The van der Waals surface area contributed by atoms with Crippen molar-refractivity contribution in [1.29, 1.82) is 5.26 Å². The van der Waals surface area contributed by atoms with E-state index in [0.717, 1.165) is 43.7 Å². The van der Waals surface area contributed by atoms with Crippen LogP contribution in [0.25, 0.3) is 5.69 Å². The highest BCUT2D eigenvalue weighted by Gasteiger charge is 2.25. The maximum atomic E-state index is 12.7. The van der Waals surface area contributed by atoms with Gasteiger partial charge in [0.1, 0.15) is 11.9 Å². The second-order valence-corrected chi connectivity index (χ2v) is 8.35. The molecule has 4 heterocycles. The molecule has 1 unspecified atom stereocenters. The summed E-state index contributed by atoms with van der Waals surface area (Å²) < 4.78 is 7.33. The van der Waals surface area contributed by atoms with Crippen molar-refractivity contribution >= 4 is 11.7 Å². The Bertz CT molecular complexity index is 1220. The van der Waals surface area contributed by atoms with Crippen LogP contribution in [-0.4, -0.2) is 51.7 Å². The molecule has 2 aliphatic heterocycles. The molecule has 9 nitrogen and oxygen atoms in total. The van der Waals surface area contributed by atoms with E-state index in [1.54, 1.807) is 23.0 Å². The Labute approximate surface area is 192 Å². The summed E-state index contributed by atoms with van der Waals surface area (Å²) in [7, 11) is 0. The Hall–Kier alpha value is -3.77. The predicted octanol–water partition coefficient (Wildman–Crippen LogP) is 2.31. The largest absolute Gasteiger partial charge is 0.376 e. The second kappa shape index (κ2) is 9.00. The maximum absolute atomic E-state index is 12.7. The van der Waals surface area contributed by atoms with E-state index in [1.165, 1.54) is 5.56 Å². The molecule has 168 valence electrons. The van der Waals surface area contributed by atoms with Crippen molar-refractivity contribution in [1.82, 2.24) is 25.3 Å². The molecule has 0 bridgehead atoms. The Morgan fingerprint density at radius 2 is 2.24 bits per heavy atom. The first-order chi connectivity index (χ1) is 16.2. The molecular formula is C24H25N7O2. The Morgan fingerprint density at radius 1 is 1.33 bits per heavy atom. The Morgan fingerprint density at radius 3 is 3.06 bits per heavy atom. The molecule has 1 amide bonds. The highest BCUT2D eigenvalue weighted by atomic mass is 16.5. The van der Waals surface area contributed by atoms with Gasteiger partial charge >= 0.3 is 0 Å². The smallest absolute Gasteiger partial charge is 0.273 e. The third-order valence-corrected chi connectivity index (χ3v) is 6.30. The lowest BCUT2D eigenvalue weighted by Gasteiger charge is -2.31. The molecule has 2 aromatic heterocycles. The number of ether oxygens (including phenoxy) is 1. The van der Waals surface area contributed by atoms with Crippen molar-refractivity contribution in [2.24, 2.45) is 0 Å². The van der Waals surface area contributed by atoms with Gasteiger partial charge in [-0.2, -0.15) is 5.26 Å². The number of anilines is 1. The van der Waals surface area contributed by atoms with Crippen molar-refractivity contribution in [2.45, 2.75) is 38.8 Å². The number of nitrogens with zero attached hydrogens (tertiary/aromatic N) is 6. The molecule has 0 aliphatic carbocycles. The van der Waals surface area contributed by atoms with Crippen LogP contribution in [0.5, 0.6) is 0 Å². The van der Waals surface area contributed by atoms with Gasteiger partial charge in [-0.3, -0.25) is 4.79 Å². The number of carbonyl (C=O) groups is 1. The van der Waals surface area contributed by atoms with Crippen LogP contribution < -0.4 is 10.2 Å². The molecule has 0 spiro atoms. The molecule has 1 atom stereocenters.